The molecule has 22 heavy (non-hydrogen) atoms. The van der Waals surface area contributed by atoms with E-state index in [0.717, 1.165) is 6.42 Å². The van der Waals surface area contributed by atoms with Crippen LogP contribution in [-0.4, -0.2) is 17.6 Å². The number of ketones is 2. The van der Waals surface area contributed by atoms with Crippen molar-refractivity contribution in [2.24, 2.45) is 28.1 Å². The molecule has 1 fully saturated rings. The second-order valence-corrected chi connectivity index (χ2v) is 6.08. The van der Waals surface area contributed by atoms with Gasteiger partial charge in [-0.3, -0.25) is 9.59 Å². The molecule has 2 aliphatic carbocycles. The molecule has 0 heterocycles. The fraction of sp³-hybridized carbons (Fsp3) is 0.625. The summed E-state index contributed by atoms with van der Waals surface area (Å²) in [6.07, 6.45) is 5.75. The van der Waals surface area contributed by atoms with Gasteiger partial charge in [0.1, 0.15) is 17.3 Å². The summed E-state index contributed by atoms with van der Waals surface area (Å²) in [4.78, 5) is 46.4. The Morgan fingerprint density at radius 1 is 1.14 bits per heavy atom. The molecule has 4 atom stereocenters. The summed E-state index contributed by atoms with van der Waals surface area (Å²) in [7, 11) is 0. The summed E-state index contributed by atoms with van der Waals surface area (Å²) < 4.78 is 0. The maximum atomic E-state index is 12.0. The Hall–Kier alpha value is -1.98. The monoisotopic (exact) mass is 304 g/mol. The minimum atomic E-state index is -0.581. The van der Waals surface area contributed by atoms with Gasteiger partial charge >= 0.3 is 0 Å². The summed E-state index contributed by atoms with van der Waals surface area (Å²) in [5, 5.41) is 6.22. The lowest BCUT2D eigenvalue weighted by molar-refractivity contribution is -0.124. The molecule has 0 bridgehead atoms. The van der Waals surface area contributed by atoms with E-state index in [9.17, 15) is 19.4 Å². The van der Waals surface area contributed by atoms with Crippen LogP contribution in [0.2, 0.25) is 0 Å². The third kappa shape index (κ3) is 2.96. The third-order valence-electron chi connectivity index (χ3n) is 4.79. The maximum absolute atomic E-state index is 12.0. The summed E-state index contributed by atoms with van der Waals surface area (Å²) >= 11 is 0. The van der Waals surface area contributed by atoms with Gasteiger partial charge in [-0.05, 0) is 49.9 Å². The van der Waals surface area contributed by atoms with E-state index in [4.69, 9.17) is 0 Å². The molecule has 4 unspecified atom stereocenters. The molecular formula is C16H20N2O4. The van der Waals surface area contributed by atoms with E-state index < -0.39 is 17.9 Å². The van der Waals surface area contributed by atoms with E-state index >= 15 is 0 Å². The van der Waals surface area contributed by atoms with Crippen LogP contribution >= 0.6 is 0 Å². The number of hydrogen-bond donors (Lipinski definition) is 0. The van der Waals surface area contributed by atoms with Crippen molar-refractivity contribution in [1.29, 1.82) is 0 Å². The number of Topliss-reactive ketones (excluding diaryl/α,β-unsaturated/α-hetero) is 2. The van der Waals surface area contributed by atoms with Gasteiger partial charge in [-0.1, -0.05) is 17.7 Å². The van der Waals surface area contributed by atoms with E-state index in [1.807, 2.05) is 0 Å². The van der Waals surface area contributed by atoms with Crippen LogP contribution in [0.4, 0.5) is 0 Å². The standard InChI is InChI=1S/C16H20N2O4/c1-9(19)11-5-3-7-13(17-21)15(11)16-12(10(2)20)6-4-8-14(16)18-22/h3,7,11-12,14,16H,4-6,8H2,1-2H3. The van der Waals surface area contributed by atoms with Crippen LogP contribution in [0.25, 0.3) is 0 Å². The van der Waals surface area contributed by atoms with E-state index in [0.29, 0.717) is 24.8 Å². The molecule has 0 saturated heterocycles. The Kier molecular flexibility index (Phi) is 5.11. The highest BCUT2D eigenvalue weighted by molar-refractivity contribution is 5.84. The number of allylic oxidation sites excluding steroid dienone is 2. The van der Waals surface area contributed by atoms with Crippen LogP contribution < -0.4 is 0 Å². The van der Waals surface area contributed by atoms with Crippen LogP contribution in [0.15, 0.2) is 33.8 Å². The number of carbonyl (C=O) groups excluding carboxylic acids is 2. The van der Waals surface area contributed by atoms with Gasteiger partial charge in [0, 0.05) is 17.8 Å². The number of hydrogen-bond acceptors (Lipinski definition) is 6. The van der Waals surface area contributed by atoms with Crippen molar-refractivity contribution in [3.63, 3.8) is 0 Å². The fourth-order valence-electron chi connectivity index (χ4n) is 3.76. The Labute approximate surface area is 129 Å². The van der Waals surface area contributed by atoms with Crippen molar-refractivity contribution < 1.29 is 9.59 Å². The smallest absolute Gasteiger partial charge is 0.137 e. The van der Waals surface area contributed by atoms with Crippen LogP contribution in [0.3, 0.4) is 0 Å². The normalized spacial score (nSPS) is 31.7. The van der Waals surface area contributed by atoms with Crippen LogP contribution in [0.5, 0.6) is 0 Å². The van der Waals surface area contributed by atoms with E-state index in [-0.39, 0.29) is 23.2 Å². The third-order valence-corrected chi connectivity index (χ3v) is 4.79. The van der Waals surface area contributed by atoms with Crippen molar-refractivity contribution >= 4 is 11.6 Å². The summed E-state index contributed by atoms with van der Waals surface area (Å²) in [6, 6.07) is -0.581. The Morgan fingerprint density at radius 2 is 1.86 bits per heavy atom. The molecule has 6 heteroatoms. The number of nitrogens with zero attached hydrogens (tertiary/aromatic N) is 2. The van der Waals surface area contributed by atoms with Crippen molar-refractivity contribution in [1.82, 2.24) is 0 Å². The van der Waals surface area contributed by atoms with Crippen molar-refractivity contribution in [2.45, 2.75) is 45.6 Å². The molecule has 0 N–H and O–H groups in total. The van der Waals surface area contributed by atoms with Crippen molar-refractivity contribution in [3.8, 4) is 0 Å². The topological polar surface area (TPSA) is 93.0 Å². The molecule has 0 radical (unpaired) electrons. The van der Waals surface area contributed by atoms with Crippen LogP contribution in [0, 0.1) is 27.6 Å². The zero-order valence-corrected chi connectivity index (χ0v) is 12.8. The predicted octanol–water partition coefficient (Wildman–Crippen LogP) is 3.31. The predicted molar refractivity (Wildman–Crippen MR) is 81.8 cm³/mol. The molecule has 2 aliphatic rings. The molecular weight excluding hydrogens is 284 g/mol. The highest BCUT2D eigenvalue weighted by Gasteiger charge is 2.43. The maximum Gasteiger partial charge on any atom is 0.137 e. The van der Waals surface area contributed by atoms with E-state index in [2.05, 4.69) is 10.4 Å². The lowest BCUT2D eigenvalue weighted by Crippen LogP contribution is -2.40. The molecule has 6 nitrogen and oxygen atoms in total. The lowest BCUT2D eigenvalue weighted by Gasteiger charge is -2.38. The highest BCUT2D eigenvalue weighted by atomic mass is 16.3. The number of nitroso groups, excluding NO2 is 2. The van der Waals surface area contributed by atoms with Crippen LogP contribution in [0.1, 0.15) is 39.5 Å². The first-order chi connectivity index (χ1) is 10.5. The zero-order chi connectivity index (χ0) is 16.3. The Morgan fingerprint density at radius 3 is 2.41 bits per heavy atom. The van der Waals surface area contributed by atoms with Gasteiger partial charge in [-0.2, -0.15) is 4.91 Å². The molecule has 0 aromatic heterocycles. The average molecular weight is 304 g/mol. The van der Waals surface area contributed by atoms with Crippen molar-refractivity contribution in [2.75, 3.05) is 0 Å². The quantitative estimate of drug-likeness (QED) is 0.728. The van der Waals surface area contributed by atoms with E-state index in [1.165, 1.54) is 13.8 Å². The Bertz CT molecular complexity index is 564. The van der Waals surface area contributed by atoms with E-state index in [1.54, 1.807) is 12.2 Å². The van der Waals surface area contributed by atoms with Gasteiger partial charge in [0.25, 0.3) is 0 Å². The minimum Gasteiger partial charge on any atom is -0.300 e. The molecule has 118 valence electrons. The van der Waals surface area contributed by atoms with Crippen molar-refractivity contribution in [3.05, 3.63) is 33.2 Å². The Balaban J connectivity index is 2.57. The SMILES string of the molecule is CC(=O)C1CC=CC(N=O)=C1C1C(N=O)CCCC1C(C)=O. The molecule has 2 rings (SSSR count). The summed E-state index contributed by atoms with van der Waals surface area (Å²) in [5.41, 5.74) is 0.716. The first-order valence-electron chi connectivity index (χ1n) is 7.58. The lowest BCUT2D eigenvalue weighted by atomic mass is 9.65. The van der Waals surface area contributed by atoms with Gasteiger partial charge in [-0.15, -0.1) is 4.91 Å². The van der Waals surface area contributed by atoms with Gasteiger partial charge in [0.2, 0.25) is 0 Å². The molecule has 0 aromatic carbocycles. The van der Waals surface area contributed by atoms with Gasteiger partial charge in [0.15, 0.2) is 0 Å². The molecule has 0 spiro atoms. The molecule has 0 amide bonds. The summed E-state index contributed by atoms with van der Waals surface area (Å²) in [5.74, 6) is -1.48. The second-order valence-electron chi connectivity index (χ2n) is 6.08. The highest BCUT2D eigenvalue weighted by Crippen LogP contribution is 2.44. The zero-order valence-electron chi connectivity index (χ0n) is 12.8. The average Bonchev–Trinajstić information content (AvgIpc) is 2.52. The van der Waals surface area contributed by atoms with Crippen LogP contribution in [-0.2, 0) is 9.59 Å². The van der Waals surface area contributed by atoms with Gasteiger partial charge in [-0.25, -0.2) is 0 Å². The molecule has 0 aliphatic heterocycles. The van der Waals surface area contributed by atoms with Gasteiger partial charge < -0.3 is 0 Å². The number of rotatable bonds is 5. The molecule has 1 saturated carbocycles. The first-order valence-corrected chi connectivity index (χ1v) is 7.58. The van der Waals surface area contributed by atoms with Gasteiger partial charge in [0.05, 0.1) is 6.04 Å². The molecule has 0 aromatic rings. The largest absolute Gasteiger partial charge is 0.300 e. The first kappa shape index (κ1) is 16.4. The second kappa shape index (κ2) is 6.85. The fourth-order valence-corrected chi connectivity index (χ4v) is 3.76. The summed E-state index contributed by atoms with van der Waals surface area (Å²) in [6.45, 7) is 2.95. The number of carbonyl (C=O) groups is 2. The minimum absolute atomic E-state index is 0.0343.